The molecule has 90 valence electrons. The van der Waals surface area contributed by atoms with Gasteiger partial charge in [-0.05, 0) is 12.8 Å². The quantitative estimate of drug-likeness (QED) is 0.513. The molecule has 0 aromatic rings. The summed E-state index contributed by atoms with van der Waals surface area (Å²) in [5, 5.41) is 27.1. The molecule has 0 bridgehead atoms. The van der Waals surface area contributed by atoms with E-state index in [9.17, 15) is 15.0 Å². The smallest absolute Gasteiger partial charge is 0.305 e. The van der Waals surface area contributed by atoms with Gasteiger partial charge in [-0.3, -0.25) is 4.79 Å². The first kappa shape index (κ1) is 14.4. The van der Waals surface area contributed by atoms with E-state index in [0.29, 0.717) is 6.42 Å². The zero-order valence-electron chi connectivity index (χ0n) is 9.35. The molecule has 2 atom stereocenters. The van der Waals surface area contributed by atoms with Crippen LogP contribution < -0.4 is 0 Å². The summed E-state index contributed by atoms with van der Waals surface area (Å²) < 4.78 is 0. The van der Waals surface area contributed by atoms with Crippen LogP contribution in [0, 0.1) is 0 Å². The molecule has 0 saturated heterocycles. The van der Waals surface area contributed by atoms with Gasteiger partial charge in [0.15, 0.2) is 0 Å². The van der Waals surface area contributed by atoms with Gasteiger partial charge in [-0.15, -0.1) is 0 Å². The van der Waals surface area contributed by atoms with E-state index in [2.05, 4.69) is 6.92 Å². The molecular weight excluding hydrogens is 196 g/mol. The van der Waals surface area contributed by atoms with Crippen LogP contribution in [-0.2, 0) is 4.79 Å². The number of aliphatic carboxylic acids is 1. The zero-order chi connectivity index (χ0) is 11.7. The third kappa shape index (κ3) is 9.69. The van der Waals surface area contributed by atoms with Gasteiger partial charge >= 0.3 is 5.97 Å². The second-order valence-corrected chi connectivity index (χ2v) is 3.99. The molecule has 0 spiro atoms. The Morgan fingerprint density at radius 2 is 1.80 bits per heavy atom. The second kappa shape index (κ2) is 8.68. The largest absolute Gasteiger partial charge is 0.481 e. The normalized spacial score (nSPS) is 14.9. The van der Waals surface area contributed by atoms with Crippen molar-refractivity contribution >= 4 is 5.97 Å². The Kier molecular flexibility index (Phi) is 8.33. The van der Waals surface area contributed by atoms with Crippen LogP contribution in [-0.4, -0.2) is 33.5 Å². The molecule has 0 aromatic heterocycles. The number of unbranched alkanes of at least 4 members (excludes halogenated alkanes) is 3. The van der Waals surface area contributed by atoms with Crippen molar-refractivity contribution in [2.24, 2.45) is 0 Å². The van der Waals surface area contributed by atoms with E-state index in [1.807, 2.05) is 0 Å². The molecule has 0 radical (unpaired) electrons. The van der Waals surface area contributed by atoms with Crippen molar-refractivity contribution in [3.8, 4) is 0 Å². The number of carboxylic acid groups (broad SMARTS) is 1. The number of aliphatic hydroxyl groups excluding tert-OH is 2. The Hall–Kier alpha value is -0.610. The number of rotatable bonds is 9. The fourth-order valence-electron chi connectivity index (χ4n) is 1.52. The fourth-order valence-corrected chi connectivity index (χ4v) is 1.52. The highest BCUT2D eigenvalue weighted by atomic mass is 16.4. The van der Waals surface area contributed by atoms with Crippen molar-refractivity contribution in [1.29, 1.82) is 0 Å². The minimum absolute atomic E-state index is 0.165. The van der Waals surface area contributed by atoms with Gasteiger partial charge in [0.25, 0.3) is 0 Å². The van der Waals surface area contributed by atoms with Crippen molar-refractivity contribution < 1.29 is 20.1 Å². The van der Waals surface area contributed by atoms with Crippen molar-refractivity contribution in [3.63, 3.8) is 0 Å². The van der Waals surface area contributed by atoms with Gasteiger partial charge in [0.1, 0.15) is 0 Å². The van der Waals surface area contributed by atoms with Gasteiger partial charge in [-0.1, -0.05) is 32.6 Å². The van der Waals surface area contributed by atoms with Crippen LogP contribution in [0.5, 0.6) is 0 Å². The molecule has 0 aliphatic carbocycles. The molecule has 4 heteroatoms. The first-order valence-electron chi connectivity index (χ1n) is 5.64. The van der Waals surface area contributed by atoms with E-state index in [4.69, 9.17) is 5.11 Å². The average molecular weight is 218 g/mol. The summed E-state index contributed by atoms with van der Waals surface area (Å²) >= 11 is 0. The SMILES string of the molecule is CCCCCCC(O)CC(O)CC(=O)O. The van der Waals surface area contributed by atoms with Gasteiger partial charge in [0.2, 0.25) is 0 Å². The first-order chi connectivity index (χ1) is 7.06. The van der Waals surface area contributed by atoms with Crippen LogP contribution in [0.2, 0.25) is 0 Å². The number of carbonyl (C=O) groups is 1. The van der Waals surface area contributed by atoms with E-state index in [1.54, 1.807) is 0 Å². The van der Waals surface area contributed by atoms with Crippen LogP contribution in [0.4, 0.5) is 0 Å². The summed E-state index contributed by atoms with van der Waals surface area (Å²) in [7, 11) is 0. The summed E-state index contributed by atoms with van der Waals surface area (Å²) in [6.07, 6.45) is 3.36. The van der Waals surface area contributed by atoms with Crippen molar-refractivity contribution in [2.45, 2.75) is 64.1 Å². The number of hydrogen-bond donors (Lipinski definition) is 3. The van der Waals surface area contributed by atoms with Crippen LogP contribution in [0.1, 0.15) is 51.9 Å². The molecule has 2 unspecified atom stereocenters. The molecule has 0 heterocycles. The summed E-state index contributed by atoms with van der Waals surface area (Å²) in [6, 6.07) is 0. The van der Waals surface area contributed by atoms with E-state index < -0.39 is 18.2 Å². The standard InChI is InChI=1S/C11H22O4/c1-2-3-4-5-6-9(12)7-10(13)8-11(14)15/h9-10,12-13H,2-8H2,1H3,(H,14,15). The lowest BCUT2D eigenvalue weighted by Crippen LogP contribution is -2.20. The summed E-state index contributed by atoms with van der Waals surface area (Å²) in [6.45, 7) is 2.12. The summed E-state index contributed by atoms with van der Waals surface area (Å²) in [4.78, 5) is 10.2. The van der Waals surface area contributed by atoms with Gasteiger partial charge in [-0.25, -0.2) is 0 Å². The average Bonchev–Trinajstić information content (AvgIpc) is 2.10. The van der Waals surface area contributed by atoms with Crippen molar-refractivity contribution in [2.75, 3.05) is 0 Å². The first-order valence-corrected chi connectivity index (χ1v) is 5.64. The monoisotopic (exact) mass is 218 g/mol. The van der Waals surface area contributed by atoms with Crippen LogP contribution >= 0.6 is 0 Å². The second-order valence-electron chi connectivity index (χ2n) is 3.99. The Bertz CT molecular complexity index is 170. The number of aliphatic hydroxyl groups is 2. The van der Waals surface area contributed by atoms with Gasteiger partial charge < -0.3 is 15.3 Å². The van der Waals surface area contributed by atoms with Gasteiger partial charge in [0, 0.05) is 0 Å². The van der Waals surface area contributed by atoms with Gasteiger partial charge in [-0.2, -0.15) is 0 Å². The van der Waals surface area contributed by atoms with E-state index in [0.717, 1.165) is 25.7 Å². The molecule has 3 N–H and O–H groups in total. The van der Waals surface area contributed by atoms with Crippen molar-refractivity contribution in [1.82, 2.24) is 0 Å². The maximum absolute atomic E-state index is 10.2. The highest BCUT2D eigenvalue weighted by Crippen LogP contribution is 2.11. The molecule has 0 amide bonds. The molecule has 0 fully saturated rings. The van der Waals surface area contributed by atoms with Gasteiger partial charge in [0.05, 0.1) is 18.6 Å². The Labute approximate surface area is 90.9 Å². The fraction of sp³-hybridized carbons (Fsp3) is 0.909. The highest BCUT2D eigenvalue weighted by Gasteiger charge is 2.14. The molecule has 0 aliphatic rings. The number of carboxylic acids is 1. The van der Waals surface area contributed by atoms with Crippen molar-refractivity contribution in [3.05, 3.63) is 0 Å². The zero-order valence-corrected chi connectivity index (χ0v) is 9.35. The van der Waals surface area contributed by atoms with Crippen LogP contribution in [0.25, 0.3) is 0 Å². The lowest BCUT2D eigenvalue weighted by molar-refractivity contribution is -0.139. The molecule has 0 aromatic carbocycles. The van der Waals surface area contributed by atoms with Crippen LogP contribution in [0.15, 0.2) is 0 Å². The van der Waals surface area contributed by atoms with E-state index >= 15 is 0 Å². The minimum atomic E-state index is -1.03. The summed E-state index contributed by atoms with van der Waals surface area (Å²) in [5.41, 5.74) is 0. The predicted octanol–water partition coefficient (Wildman–Crippen LogP) is 1.54. The Morgan fingerprint density at radius 1 is 1.13 bits per heavy atom. The lowest BCUT2D eigenvalue weighted by Gasteiger charge is -2.13. The molecule has 15 heavy (non-hydrogen) atoms. The third-order valence-corrected chi connectivity index (χ3v) is 2.35. The number of hydrogen-bond acceptors (Lipinski definition) is 3. The molecule has 0 rings (SSSR count). The molecular formula is C11H22O4. The Morgan fingerprint density at radius 3 is 2.33 bits per heavy atom. The third-order valence-electron chi connectivity index (χ3n) is 2.35. The molecule has 0 aliphatic heterocycles. The van der Waals surface area contributed by atoms with Crippen LogP contribution in [0.3, 0.4) is 0 Å². The maximum Gasteiger partial charge on any atom is 0.305 e. The molecule has 4 nitrogen and oxygen atoms in total. The maximum atomic E-state index is 10.2. The topological polar surface area (TPSA) is 77.8 Å². The lowest BCUT2D eigenvalue weighted by atomic mass is 10.0. The van der Waals surface area contributed by atoms with E-state index in [-0.39, 0.29) is 12.8 Å². The summed E-state index contributed by atoms with van der Waals surface area (Å²) in [5.74, 6) is -1.03. The Balaban J connectivity index is 3.46. The minimum Gasteiger partial charge on any atom is -0.481 e. The predicted molar refractivity (Wildman–Crippen MR) is 57.6 cm³/mol. The highest BCUT2D eigenvalue weighted by molar-refractivity contribution is 5.67. The molecule has 0 saturated carbocycles. The van der Waals surface area contributed by atoms with E-state index in [1.165, 1.54) is 0 Å².